The Morgan fingerprint density at radius 3 is 2.79 bits per heavy atom. The first-order valence-corrected chi connectivity index (χ1v) is 6.84. The minimum Gasteiger partial charge on any atom is -0.335 e. The molecule has 0 aliphatic carbocycles. The summed E-state index contributed by atoms with van der Waals surface area (Å²) >= 11 is 0. The topological polar surface area (TPSA) is 44.1 Å². The van der Waals surface area contributed by atoms with Gasteiger partial charge in [-0.3, -0.25) is 4.79 Å². The number of amides is 1. The molecular weight excluding hydrogens is 236 g/mol. The van der Waals surface area contributed by atoms with Crippen molar-refractivity contribution < 1.29 is 4.79 Å². The lowest BCUT2D eigenvalue weighted by Crippen LogP contribution is -2.48. The number of hydrogen-bond donors (Lipinski definition) is 0. The predicted molar refractivity (Wildman–Crippen MR) is 74.6 cm³/mol. The molecule has 2 rings (SSSR count). The molecule has 0 saturated carbocycles. The van der Waals surface area contributed by atoms with Gasteiger partial charge in [-0.1, -0.05) is 19.9 Å². The van der Waals surface area contributed by atoms with Crippen molar-refractivity contribution in [1.82, 2.24) is 4.90 Å². The summed E-state index contributed by atoms with van der Waals surface area (Å²) in [6.07, 6.45) is 1.17. The van der Waals surface area contributed by atoms with Gasteiger partial charge < -0.3 is 4.90 Å². The minimum atomic E-state index is 0.0444. The van der Waals surface area contributed by atoms with E-state index in [1.165, 1.54) is 6.42 Å². The lowest BCUT2D eigenvalue weighted by atomic mass is 9.85. The second-order valence-electron chi connectivity index (χ2n) is 5.71. The van der Waals surface area contributed by atoms with Crippen molar-refractivity contribution in [3.8, 4) is 6.07 Å². The van der Waals surface area contributed by atoms with Crippen LogP contribution in [0, 0.1) is 23.2 Å². The lowest BCUT2D eigenvalue weighted by Gasteiger charge is -2.41. The van der Waals surface area contributed by atoms with Crippen LogP contribution >= 0.6 is 0 Å². The Kier molecular flexibility index (Phi) is 3.90. The van der Waals surface area contributed by atoms with Crippen LogP contribution in [-0.4, -0.2) is 23.4 Å². The molecule has 3 heteroatoms. The van der Waals surface area contributed by atoms with Crippen LogP contribution in [0.1, 0.15) is 43.1 Å². The standard InChI is InChI=1S/C16H20N2O/c1-11-7-12(2)13(3)18(10-11)16(19)15-6-4-5-14(8-15)9-17/h4-6,8,11-13H,7,10H2,1-3H3. The van der Waals surface area contributed by atoms with Crippen molar-refractivity contribution in [3.63, 3.8) is 0 Å². The quantitative estimate of drug-likeness (QED) is 0.775. The van der Waals surface area contributed by atoms with E-state index < -0.39 is 0 Å². The Bertz CT molecular complexity index is 518. The molecule has 1 heterocycles. The maximum absolute atomic E-state index is 12.6. The highest BCUT2D eigenvalue weighted by Crippen LogP contribution is 2.28. The summed E-state index contributed by atoms with van der Waals surface area (Å²) in [7, 11) is 0. The molecule has 1 amide bonds. The van der Waals surface area contributed by atoms with Gasteiger partial charge in [0.25, 0.3) is 5.91 Å². The van der Waals surface area contributed by atoms with E-state index in [1.807, 2.05) is 4.90 Å². The fourth-order valence-corrected chi connectivity index (χ4v) is 2.87. The van der Waals surface area contributed by atoms with Gasteiger partial charge in [-0.05, 0) is 43.4 Å². The van der Waals surface area contributed by atoms with Crippen LogP contribution in [0.25, 0.3) is 0 Å². The molecule has 100 valence electrons. The monoisotopic (exact) mass is 256 g/mol. The third-order valence-electron chi connectivity index (χ3n) is 4.10. The zero-order valence-corrected chi connectivity index (χ0v) is 11.8. The van der Waals surface area contributed by atoms with Crippen LogP contribution in [-0.2, 0) is 0 Å². The number of carbonyl (C=O) groups is 1. The third-order valence-corrected chi connectivity index (χ3v) is 4.10. The van der Waals surface area contributed by atoms with E-state index in [0.717, 1.165) is 6.54 Å². The molecule has 0 bridgehead atoms. The molecule has 3 unspecified atom stereocenters. The Hall–Kier alpha value is -1.82. The van der Waals surface area contributed by atoms with Crippen molar-refractivity contribution in [1.29, 1.82) is 5.26 Å². The summed E-state index contributed by atoms with van der Waals surface area (Å²) in [4.78, 5) is 14.5. The summed E-state index contributed by atoms with van der Waals surface area (Å²) in [6.45, 7) is 7.31. The normalized spacial score (nSPS) is 26.8. The van der Waals surface area contributed by atoms with E-state index in [4.69, 9.17) is 5.26 Å². The number of benzene rings is 1. The molecule has 1 saturated heterocycles. The Morgan fingerprint density at radius 1 is 1.37 bits per heavy atom. The Labute approximate surface area is 114 Å². The van der Waals surface area contributed by atoms with Crippen molar-refractivity contribution in [2.45, 2.75) is 33.2 Å². The molecule has 0 radical (unpaired) electrons. The van der Waals surface area contributed by atoms with Crippen LogP contribution < -0.4 is 0 Å². The summed E-state index contributed by atoms with van der Waals surface area (Å²) in [5, 5.41) is 8.92. The Morgan fingerprint density at radius 2 is 2.11 bits per heavy atom. The largest absolute Gasteiger partial charge is 0.335 e. The average molecular weight is 256 g/mol. The Balaban J connectivity index is 2.25. The van der Waals surface area contributed by atoms with Crippen molar-refractivity contribution in [2.75, 3.05) is 6.54 Å². The maximum Gasteiger partial charge on any atom is 0.254 e. The molecule has 0 aromatic heterocycles. The van der Waals surface area contributed by atoms with Crippen LogP contribution in [0.2, 0.25) is 0 Å². The number of likely N-dealkylation sites (tertiary alicyclic amines) is 1. The van der Waals surface area contributed by atoms with Crippen LogP contribution in [0.5, 0.6) is 0 Å². The predicted octanol–water partition coefficient (Wildman–Crippen LogP) is 3.06. The zero-order valence-electron chi connectivity index (χ0n) is 11.8. The molecule has 1 aromatic rings. The van der Waals surface area contributed by atoms with Gasteiger partial charge >= 0.3 is 0 Å². The zero-order chi connectivity index (χ0) is 14.0. The number of nitriles is 1. The molecule has 1 aromatic carbocycles. The fraction of sp³-hybridized carbons (Fsp3) is 0.500. The maximum atomic E-state index is 12.6. The van der Waals surface area contributed by atoms with E-state index in [2.05, 4.69) is 26.8 Å². The summed E-state index contributed by atoms with van der Waals surface area (Å²) in [6, 6.07) is 9.31. The fourth-order valence-electron chi connectivity index (χ4n) is 2.87. The molecular formula is C16H20N2O. The third kappa shape index (κ3) is 2.78. The van der Waals surface area contributed by atoms with Gasteiger partial charge in [-0.15, -0.1) is 0 Å². The smallest absolute Gasteiger partial charge is 0.254 e. The van der Waals surface area contributed by atoms with Gasteiger partial charge in [0.05, 0.1) is 11.6 Å². The number of piperidine rings is 1. The highest BCUT2D eigenvalue weighted by molar-refractivity contribution is 5.94. The molecule has 19 heavy (non-hydrogen) atoms. The first-order chi connectivity index (χ1) is 9.02. The summed E-state index contributed by atoms with van der Waals surface area (Å²) < 4.78 is 0. The second kappa shape index (κ2) is 5.44. The summed E-state index contributed by atoms with van der Waals surface area (Å²) in [5.41, 5.74) is 1.16. The molecule has 3 atom stereocenters. The highest BCUT2D eigenvalue weighted by Gasteiger charge is 2.32. The number of hydrogen-bond acceptors (Lipinski definition) is 2. The lowest BCUT2D eigenvalue weighted by molar-refractivity contribution is 0.0455. The first-order valence-electron chi connectivity index (χ1n) is 6.84. The minimum absolute atomic E-state index is 0.0444. The first kappa shape index (κ1) is 13.6. The SMILES string of the molecule is CC1CC(C)C(C)N(C(=O)c2cccc(C#N)c2)C1. The van der Waals surface area contributed by atoms with Gasteiger partial charge in [0, 0.05) is 18.2 Å². The van der Waals surface area contributed by atoms with Gasteiger partial charge in [-0.25, -0.2) is 0 Å². The molecule has 0 spiro atoms. The number of rotatable bonds is 1. The molecule has 1 aliphatic rings. The molecule has 0 N–H and O–H groups in total. The van der Waals surface area contributed by atoms with Gasteiger partial charge in [0.1, 0.15) is 0 Å². The number of nitrogens with zero attached hydrogens (tertiary/aromatic N) is 2. The van der Waals surface area contributed by atoms with Crippen molar-refractivity contribution in [2.24, 2.45) is 11.8 Å². The highest BCUT2D eigenvalue weighted by atomic mass is 16.2. The van der Waals surface area contributed by atoms with E-state index in [0.29, 0.717) is 23.0 Å². The van der Waals surface area contributed by atoms with E-state index in [9.17, 15) is 4.79 Å². The van der Waals surface area contributed by atoms with Gasteiger partial charge in [0.15, 0.2) is 0 Å². The second-order valence-corrected chi connectivity index (χ2v) is 5.71. The van der Waals surface area contributed by atoms with E-state index in [-0.39, 0.29) is 11.9 Å². The average Bonchev–Trinajstić information content (AvgIpc) is 2.42. The van der Waals surface area contributed by atoms with E-state index in [1.54, 1.807) is 24.3 Å². The van der Waals surface area contributed by atoms with Crippen molar-refractivity contribution >= 4 is 5.91 Å². The van der Waals surface area contributed by atoms with Crippen molar-refractivity contribution in [3.05, 3.63) is 35.4 Å². The van der Waals surface area contributed by atoms with Gasteiger partial charge in [-0.2, -0.15) is 5.26 Å². The van der Waals surface area contributed by atoms with E-state index >= 15 is 0 Å². The molecule has 3 nitrogen and oxygen atoms in total. The van der Waals surface area contributed by atoms with Crippen LogP contribution in [0.3, 0.4) is 0 Å². The number of carbonyl (C=O) groups excluding carboxylic acids is 1. The van der Waals surface area contributed by atoms with Gasteiger partial charge in [0.2, 0.25) is 0 Å². The molecule has 1 fully saturated rings. The molecule has 1 aliphatic heterocycles. The van der Waals surface area contributed by atoms with Crippen LogP contribution in [0.15, 0.2) is 24.3 Å². The summed E-state index contributed by atoms with van der Waals surface area (Å²) in [5.74, 6) is 1.10. The van der Waals surface area contributed by atoms with Crippen LogP contribution in [0.4, 0.5) is 0 Å².